The second kappa shape index (κ2) is 6.43. The van der Waals surface area contributed by atoms with Crippen LogP contribution in [-0.2, 0) is 4.79 Å². The third-order valence-electron chi connectivity index (χ3n) is 4.48. The van der Waals surface area contributed by atoms with Gasteiger partial charge < -0.3 is 10.2 Å². The highest BCUT2D eigenvalue weighted by atomic mass is 19.1. The van der Waals surface area contributed by atoms with E-state index in [1.807, 2.05) is 6.07 Å². The molecule has 5 heteroatoms. The molecule has 0 aliphatic carbocycles. The molecule has 124 valence electrons. The van der Waals surface area contributed by atoms with E-state index in [1.54, 1.807) is 42.2 Å². The van der Waals surface area contributed by atoms with Crippen molar-refractivity contribution in [1.29, 1.82) is 0 Å². The Labute approximate surface area is 140 Å². The van der Waals surface area contributed by atoms with E-state index in [-0.39, 0.29) is 11.8 Å². The van der Waals surface area contributed by atoms with E-state index in [4.69, 9.17) is 0 Å². The second-order valence-electron chi connectivity index (χ2n) is 6.16. The van der Waals surface area contributed by atoms with Crippen LogP contribution in [0.4, 0.5) is 10.1 Å². The summed E-state index contributed by atoms with van der Waals surface area (Å²) < 4.78 is 13.3. The normalized spacial score (nSPS) is 20.0. The summed E-state index contributed by atoms with van der Waals surface area (Å²) in [5.41, 5.74) is 0.00334. The molecule has 1 saturated heterocycles. The second-order valence-corrected chi connectivity index (χ2v) is 6.16. The summed E-state index contributed by atoms with van der Waals surface area (Å²) >= 11 is 0. The number of benzene rings is 2. The third kappa shape index (κ3) is 3.02. The lowest BCUT2D eigenvalue weighted by Gasteiger charge is -2.34. The lowest BCUT2D eigenvalue weighted by atomic mass is 9.96. The van der Waals surface area contributed by atoms with Crippen molar-refractivity contribution in [3.8, 4) is 0 Å². The van der Waals surface area contributed by atoms with Crippen LogP contribution in [0.1, 0.15) is 30.1 Å². The van der Waals surface area contributed by atoms with Crippen molar-refractivity contribution in [1.82, 2.24) is 4.90 Å². The molecule has 24 heavy (non-hydrogen) atoms. The number of carbonyl (C=O) groups excluding carboxylic acids is 2. The predicted octanol–water partition coefficient (Wildman–Crippen LogP) is 3.46. The first-order chi connectivity index (χ1) is 11.5. The van der Waals surface area contributed by atoms with Gasteiger partial charge in [-0.2, -0.15) is 0 Å². The fourth-order valence-electron chi connectivity index (χ4n) is 3.09. The highest BCUT2D eigenvalue weighted by Crippen LogP contribution is 2.32. The molecule has 0 spiro atoms. The van der Waals surface area contributed by atoms with Gasteiger partial charge in [0.25, 0.3) is 5.91 Å². The molecule has 0 bridgehead atoms. The zero-order valence-electron chi connectivity index (χ0n) is 13.5. The van der Waals surface area contributed by atoms with Crippen LogP contribution in [0.2, 0.25) is 0 Å². The average Bonchev–Trinajstić information content (AvgIpc) is 2.98. The van der Waals surface area contributed by atoms with Gasteiger partial charge in [-0.1, -0.05) is 24.3 Å². The largest absolute Gasteiger partial charge is 0.324 e. The molecule has 0 saturated carbocycles. The Morgan fingerprint density at radius 2 is 1.88 bits per heavy atom. The maximum atomic E-state index is 13.3. The van der Waals surface area contributed by atoms with E-state index < -0.39 is 11.4 Å². The van der Waals surface area contributed by atoms with E-state index in [9.17, 15) is 14.0 Å². The maximum absolute atomic E-state index is 13.3. The monoisotopic (exact) mass is 326 g/mol. The minimum atomic E-state index is -0.945. The number of likely N-dealkylation sites (tertiary alicyclic amines) is 1. The van der Waals surface area contributed by atoms with Gasteiger partial charge >= 0.3 is 0 Å². The molecular weight excluding hydrogens is 307 g/mol. The molecule has 0 aromatic heterocycles. The predicted molar refractivity (Wildman–Crippen MR) is 90.1 cm³/mol. The Morgan fingerprint density at radius 3 is 2.58 bits per heavy atom. The first-order valence-electron chi connectivity index (χ1n) is 7.95. The molecule has 2 aromatic rings. The van der Waals surface area contributed by atoms with Crippen LogP contribution in [0.5, 0.6) is 0 Å². The summed E-state index contributed by atoms with van der Waals surface area (Å²) in [5.74, 6) is -0.874. The first-order valence-corrected chi connectivity index (χ1v) is 7.95. The molecular formula is C19H19FN2O2. The van der Waals surface area contributed by atoms with Crippen molar-refractivity contribution in [2.24, 2.45) is 0 Å². The number of anilines is 1. The molecule has 1 atom stereocenters. The topological polar surface area (TPSA) is 49.4 Å². The highest BCUT2D eigenvalue weighted by Gasteiger charge is 2.45. The van der Waals surface area contributed by atoms with Crippen LogP contribution in [0.3, 0.4) is 0 Å². The molecule has 1 fully saturated rings. The third-order valence-corrected chi connectivity index (χ3v) is 4.48. The number of amides is 2. The molecule has 2 amide bonds. The van der Waals surface area contributed by atoms with Crippen LogP contribution in [-0.4, -0.2) is 28.8 Å². The van der Waals surface area contributed by atoms with Crippen LogP contribution >= 0.6 is 0 Å². The van der Waals surface area contributed by atoms with Crippen molar-refractivity contribution >= 4 is 17.5 Å². The van der Waals surface area contributed by atoms with Crippen LogP contribution in [0.25, 0.3) is 0 Å². The first kappa shape index (κ1) is 16.2. The van der Waals surface area contributed by atoms with Crippen molar-refractivity contribution in [3.05, 3.63) is 66.0 Å². The Hall–Kier alpha value is -2.69. The molecule has 0 radical (unpaired) electrons. The number of halogens is 1. The van der Waals surface area contributed by atoms with E-state index in [2.05, 4.69) is 5.32 Å². The summed E-state index contributed by atoms with van der Waals surface area (Å²) in [6.45, 7) is 2.29. The van der Waals surface area contributed by atoms with Gasteiger partial charge in [0.1, 0.15) is 11.4 Å². The summed E-state index contributed by atoms with van der Waals surface area (Å²) in [7, 11) is 0. The Kier molecular flexibility index (Phi) is 4.34. The highest BCUT2D eigenvalue weighted by molar-refractivity contribution is 6.03. The summed E-state index contributed by atoms with van der Waals surface area (Å²) in [5, 5.41) is 2.73. The minimum absolute atomic E-state index is 0.162. The van der Waals surface area contributed by atoms with Gasteiger partial charge in [0.15, 0.2) is 0 Å². The Morgan fingerprint density at radius 1 is 1.12 bits per heavy atom. The quantitative estimate of drug-likeness (QED) is 0.939. The van der Waals surface area contributed by atoms with Crippen LogP contribution < -0.4 is 5.32 Å². The number of nitrogens with zero attached hydrogens (tertiary/aromatic N) is 1. The minimum Gasteiger partial charge on any atom is -0.324 e. The zero-order valence-corrected chi connectivity index (χ0v) is 13.5. The number of carbonyl (C=O) groups is 2. The smallest absolute Gasteiger partial charge is 0.254 e. The lowest BCUT2D eigenvalue weighted by molar-refractivity contribution is -0.124. The van der Waals surface area contributed by atoms with Crippen molar-refractivity contribution in [2.45, 2.75) is 25.3 Å². The fraction of sp³-hybridized carbons (Fsp3) is 0.263. The summed E-state index contributed by atoms with van der Waals surface area (Å²) in [6, 6.07) is 14.7. The molecule has 1 aliphatic heterocycles. The molecule has 4 nitrogen and oxygen atoms in total. The van der Waals surface area contributed by atoms with Gasteiger partial charge in [0.2, 0.25) is 5.91 Å². The number of hydrogen-bond acceptors (Lipinski definition) is 2. The SMILES string of the molecule is CC1(C(=O)Nc2cccc(F)c2)CCCN1C(=O)c1ccccc1. The summed E-state index contributed by atoms with van der Waals surface area (Å²) in [6.07, 6.45) is 1.33. The lowest BCUT2D eigenvalue weighted by Crippen LogP contribution is -2.53. The van der Waals surface area contributed by atoms with Crippen LogP contribution in [0.15, 0.2) is 54.6 Å². The fourth-order valence-corrected chi connectivity index (χ4v) is 3.09. The van der Waals surface area contributed by atoms with E-state index >= 15 is 0 Å². The summed E-state index contributed by atoms with van der Waals surface area (Å²) in [4.78, 5) is 27.1. The van der Waals surface area contributed by atoms with Crippen LogP contribution in [0, 0.1) is 5.82 Å². The van der Waals surface area contributed by atoms with Crippen molar-refractivity contribution < 1.29 is 14.0 Å². The molecule has 2 aromatic carbocycles. The Bertz CT molecular complexity index is 763. The number of rotatable bonds is 3. The standard InChI is InChI=1S/C19H19FN2O2/c1-19(18(24)21-16-10-5-9-15(20)13-16)11-6-12-22(19)17(23)14-7-3-2-4-8-14/h2-5,7-10,13H,6,11-12H2,1H3,(H,21,24). The molecule has 1 heterocycles. The number of hydrogen-bond donors (Lipinski definition) is 1. The maximum Gasteiger partial charge on any atom is 0.254 e. The van der Waals surface area contributed by atoms with E-state index in [0.29, 0.717) is 24.2 Å². The van der Waals surface area contributed by atoms with Gasteiger partial charge in [0, 0.05) is 17.8 Å². The van der Waals surface area contributed by atoms with E-state index in [0.717, 1.165) is 6.42 Å². The molecule has 3 rings (SSSR count). The van der Waals surface area contributed by atoms with Gasteiger partial charge in [0.05, 0.1) is 0 Å². The van der Waals surface area contributed by atoms with Gasteiger partial charge in [-0.25, -0.2) is 4.39 Å². The van der Waals surface area contributed by atoms with Crippen molar-refractivity contribution in [2.75, 3.05) is 11.9 Å². The molecule has 1 unspecified atom stereocenters. The zero-order chi connectivity index (χ0) is 17.2. The van der Waals surface area contributed by atoms with Gasteiger partial charge in [-0.05, 0) is 50.1 Å². The average molecular weight is 326 g/mol. The van der Waals surface area contributed by atoms with Gasteiger partial charge in [-0.3, -0.25) is 9.59 Å². The Balaban J connectivity index is 1.82. The molecule has 1 N–H and O–H groups in total. The van der Waals surface area contributed by atoms with Gasteiger partial charge in [-0.15, -0.1) is 0 Å². The number of nitrogens with one attached hydrogen (secondary N) is 1. The van der Waals surface area contributed by atoms with Crippen molar-refractivity contribution in [3.63, 3.8) is 0 Å². The molecule has 1 aliphatic rings. The van der Waals surface area contributed by atoms with E-state index in [1.165, 1.54) is 18.2 Å².